The zero-order valence-electron chi connectivity index (χ0n) is 24.9. The summed E-state index contributed by atoms with van der Waals surface area (Å²) in [5, 5.41) is 0. The normalized spacial score (nSPS) is 42.5. The minimum atomic E-state index is -1.08. The van der Waals surface area contributed by atoms with Crippen molar-refractivity contribution in [2.45, 2.75) is 91.1 Å². The number of allylic oxidation sites excluding steroid dienone is 1. The first-order valence-corrected chi connectivity index (χ1v) is 14.7. The van der Waals surface area contributed by atoms with E-state index >= 15 is 0 Å². The number of methoxy groups -OCH3 is 1. The second kappa shape index (κ2) is 9.03. The number of Topliss-reactive ketones (excluding diaryl/α,β-unsaturated/α-hetero) is 1. The molecule has 6 rings (SSSR count). The van der Waals surface area contributed by atoms with E-state index in [-0.39, 0.29) is 42.4 Å². The van der Waals surface area contributed by atoms with E-state index in [1.54, 1.807) is 12.5 Å². The van der Waals surface area contributed by atoms with Crippen molar-refractivity contribution in [1.29, 1.82) is 0 Å². The Bertz CT molecular complexity index is 1330. The van der Waals surface area contributed by atoms with Crippen molar-refractivity contribution in [1.82, 2.24) is 0 Å². The molecule has 0 N–H and O–H groups in total. The summed E-state index contributed by atoms with van der Waals surface area (Å²) in [6.45, 7) is 11.7. The molecule has 9 nitrogen and oxygen atoms in total. The molecule has 0 radical (unpaired) electrons. The highest BCUT2D eigenvalue weighted by atomic mass is 16.6. The predicted molar refractivity (Wildman–Crippen MR) is 144 cm³/mol. The Kier molecular flexibility index (Phi) is 6.21. The molecular formula is C32H40O9. The van der Waals surface area contributed by atoms with Crippen molar-refractivity contribution < 1.29 is 42.5 Å². The molecular weight excluding hydrogens is 528 g/mol. The lowest BCUT2D eigenvalue weighted by Crippen LogP contribution is -2.69. The highest BCUT2D eigenvalue weighted by Gasteiger charge is 2.84. The molecule has 0 amide bonds. The van der Waals surface area contributed by atoms with Crippen LogP contribution in [-0.4, -0.2) is 48.6 Å². The van der Waals surface area contributed by atoms with Gasteiger partial charge in [-0.3, -0.25) is 19.2 Å². The molecule has 3 aliphatic carbocycles. The minimum absolute atomic E-state index is 0.0183. The smallest absolute Gasteiger partial charge is 0.308 e. The van der Waals surface area contributed by atoms with Crippen LogP contribution in [0.15, 0.2) is 34.7 Å². The Morgan fingerprint density at radius 2 is 1.90 bits per heavy atom. The van der Waals surface area contributed by atoms with Crippen molar-refractivity contribution in [3.05, 3.63) is 35.8 Å². The summed E-state index contributed by atoms with van der Waals surface area (Å²) in [7, 11) is 1.34. The Morgan fingerprint density at radius 1 is 1.17 bits per heavy atom. The van der Waals surface area contributed by atoms with Gasteiger partial charge in [0.25, 0.3) is 0 Å². The van der Waals surface area contributed by atoms with Crippen molar-refractivity contribution >= 4 is 23.7 Å². The Morgan fingerprint density at radius 3 is 2.54 bits per heavy atom. The van der Waals surface area contributed by atoms with Crippen LogP contribution >= 0.6 is 0 Å². The van der Waals surface area contributed by atoms with Crippen LogP contribution in [0.4, 0.5) is 0 Å². The largest absolute Gasteiger partial charge is 0.472 e. The van der Waals surface area contributed by atoms with Crippen molar-refractivity contribution in [3.8, 4) is 0 Å². The lowest BCUT2D eigenvalue weighted by molar-refractivity contribution is -0.195. The summed E-state index contributed by atoms with van der Waals surface area (Å²) in [6.07, 6.45) is 4.64. The lowest BCUT2D eigenvalue weighted by Gasteiger charge is -2.62. The molecule has 41 heavy (non-hydrogen) atoms. The second-order valence-corrected chi connectivity index (χ2v) is 13.8. The molecule has 1 spiro atoms. The van der Waals surface area contributed by atoms with Gasteiger partial charge >= 0.3 is 17.9 Å². The number of furan rings is 1. The van der Waals surface area contributed by atoms with Gasteiger partial charge in [-0.15, -0.1) is 0 Å². The standard InChI is InChI=1S/C32H40O9/c1-8-16(2)28(36)40-26-23-24(35)31(6,19(29(26,3)4)13-21(33)37-7)18-9-11-30(5)20(32(18)27(23)41-32)14-22(34)39-25(30)17-10-12-38-15-17/h9-10,12,15-16,19-20,23,25-27H,8,11,13-14H2,1-7H3/t16-,19-,20-,23+,25-,26+,27+,30+,31+,32+/m0/s1. The average Bonchev–Trinajstić information content (AvgIpc) is 3.39. The van der Waals surface area contributed by atoms with E-state index in [1.807, 2.05) is 40.7 Å². The highest BCUT2D eigenvalue weighted by Crippen LogP contribution is 2.76. The lowest BCUT2D eigenvalue weighted by atomic mass is 9.40. The second-order valence-electron chi connectivity index (χ2n) is 13.8. The predicted octanol–water partition coefficient (Wildman–Crippen LogP) is 4.74. The zero-order valence-corrected chi connectivity index (χ0v) is 24.9. The van der Waals surface area contributed by atoms with Gasteiger partial charge in [0.05, 0.1) is 49.7 Å². The number of cyclic esters (lactones) is 1. The third kappa shape index (κ3) is 3.56. The van der Waals surface area contributed by atoms with Gasteiger partial charge in [0.15, 0.2) is 5.78 Å². The third-order valence-corrected chi connectivity index (χ3v) is 11.4. The summed E-state index contributed by atoms with van der Waals surface area (Å²) in [5.74, 6) is -3.11. The van der Waals surface area contributed by atoms with Crippen molar-refractivity contribution in [2.24, 2.45) is 39.9 Å². The van der Waals surface area contributed by atoms with Gasteiger partial charge in [0.1, 0.15) is 23.9 Å². The topological polar surface area (TPSA) is 122 Å². The van der Waals surface area contributed by atoms with Crippen LogP contribution in [0, 0.1) is 39.9 Å². The van der Waals surface area contributed by atoms with Gasteiger partial charge in [-0.1, -0.05) is 40.7 Å². The summed E-state index contributed by atoms with van der Waals surface area (Å²) in [6, 6.07) is 1.81. The molecule has 4 fully saturated rings. The van der Waals surface area contributed by atoms with E-state index in [9.17, 15) is 19.2 Å². The molecule has 5 aliphatic rings. The molecule has 3 heterocycles. The van der Waals surface area contributed by atoms with Gasteiger partial charge in [-0.05, 0) is 37.3 Å². The van der Waals surface area contributed by atoms with E-state index in [4.69, 9.17) is 23.4 Å². The molecule has 0 unspecified atom stereocenters. The van der Waals surface area contributed by atoms with Gasteiger partial charge in [0.2, 0.25) is 0 Å². The molecule has 2 saturated heterocycles. The van der Waals surface area contributed by atoms with E-state index in [0.29, 0.717) is 12.8 Å². The van der Waals surface area contributed by atoms with Crippen LogP contribution in [0.1, 0.15) is 78.9 Å². The number of ketones is 1. The first-order chi connectivity index (χ1) is 19.3. The van der Waals surface area contributed by atoms with E-state index in [0.717, 1.165) is 11.1 Å². The molecule has 2 saturated carbocycles. The van der Waals surface area contributed by atoms with Crippen LogP contribution in [-0.2, 0) is 38.1 Å². The third-order valence-electron chi connectivity index (χ3n) is 11.4. The molecule has 9 heteroatoms. The van der Waals surface area contributed by atoms with Crippen LogP contribution < -0.4 is 0 Å². The summed E-state index contributed by atoms with van der Waals surface area (Å²) >= 11 is 0. The first kappa shape index (κ1) is 28.2. The van der Waals surface area contributed by atoms with Gasteiger partial charge in [-0.25, -0.2) is 0 Å². The number of hydrogen-bond donors (Lipinski definition) is 0. The number of ether oxygens (including phenoxy) is 4. The quantitative estimate of drug-likeness (QED) is 0.207. The number of rotatable bonds is 6. The molecule has 0 aromatic carbocycles. The van der Waals surface area contributed by atoms with E-state index in [2.05, 4.69) is 13.0 Å². The molecule has 2 aliphatic heterocycles. The molecule has 1 aromatic heterocycles. The maximum absolute atomic E-state index is 14.6. The Hall–Kier alpha value is -2.94. The molecule has 1 aromatic rings. The summed E-state index contributed by atoms with van der Waals surface area (Å²) in [4.78, 5) is 53.8. The van der Waals surface area contributed by atoms with Crippen molar-refractivity contribution in [3.63, 3.8) is 0 Å². The van der Waals surface area contributed by atoms with Gasteiger partial charge < -0.3 is 23.4 Å². The van der Waals surface area contributed by atoms with E-state index in [1.165, 1.54) is 7.11 Å². The molecule has 10 atom stereocenters. The van der Waals surface area contributed by atoms with Crippen LogP contribution in [0.5, 0.6) is 0 Å². The van der Waals surface area contributed by atoms with Crippen LogP contribution in [0.3, 0.4) is 0 Å². The monoisotopic (exact) mass is 568 g/mol. The maximum Gasteiger partial charge on any atom is 0.308 e. The number of fused-ring (bicyclic) bond motifs is 5. The number of carbonyl (C=O) groups is 4. The average molecular weight is 569 g/mol. The fourth-order valence-corrected chi connectivity index (χ4v) is 8.99. The van der Waals surface area contributed by atoms with Gasteiger partial charge in [0, 0.05) is 22.3 Å². The van der Waals surface area contributed by atoms with Crippen LogP contribution in [0.25, 0.3) is 0 Å². The minimum Gasteiger partial charge on any atom is -0.472 e. The Labute approximate surface area is 240 Å². The molecule has 222 valence electrons. The van der Waals surface area contributed by atoms with Gasteiger partial charge in [-0.2, -0.15) is 0 Å². The first-order valence-electron chi connectivity index (χ1n) is 14.7. The summed E-state index contributed by atoms with van der Waals surface area (Å²) < 4.78 is 29.3. The number of esters is 3. The fourth-order valence-electron chi connectivity index (χ4n) is 8.99. The maximum atomic E-state index is 14.6. The zero-order chi connectivity index (χ0) is 29.7. The number of carbonyl (C=O) groups excluding carboxylic acids is 4. The number of epoxide rings is 1. The highest BCUT2D eigenvalue weighted by molar-refractivity contribution is 5.97. The van der Waals surface area contributed by atoms with E-state index < -0.39 is 58.0 Å². The van der Waals surface area contributed by atoms with Crippen molar-refractivity contribution in [2.75, 3.05) is 7.11 Å². The molecule has 2 bridgehead atoms. The number of hydrogen-bond acceptors (Lipinski definition) is 9. The fraction of sp³-hybridized carbons (Fsp3) is 0.688. The van der Waals surface area contributed by atoms with Crippen LogP contribution in [0.2, 0.25) is 0 Å². The summed E-state index contributed by atoms with van der Waals surface area (Å²) in [5.41, 5.74) is -1.66. The SMILES string of the molecule is CC[C@H](C)C(=O)O[C@@H]1[C@H]2C(=O)[C@](C)(C3=CC[C@@]4(C)[C@H](c5ccoc5)OC(=O)C[C@@H]4[C@]34O[C@H]24)[C@@H](CC(=O)OC)C1(C)C. The Balaban J connectivity index is 1.52.